The van der Waals surface area contributed by atoms with Crippen LogP contribution in [0.5, 0.6) is 0 Å². The molecule has 1 N–H and O–H groups in total. The van der Waals surface area contributed by atoms with Crippen molar-refractivity contribution in [3.05, 3.63) is 102 Å². The molecular formula is C26H23N5. The molecule has 0 radical (unpaired) electrons. The molecule has 6 rings (SSSR count). The van der Waals surface area contributed by atoms with Crippen molar-refractivity contribution in [3.63, 3.8) is 0 Å². The third-order valence-corrected chi connectivity index (χ3v) is 6.19. The molecule has 0 spiro atoms. The molecule has 1 aliphatic heterocycles. The van der Waals surface area contributed by atoms with E-state index in [1.807, 2.05) is 10.5 Å². The van der Waals surface area contributed by atoms with Gasteiger partial charge in [0.05, 0.1) is 6.04 Å². The molecule has 3 heterocycles. The summed E-state index contributed by atoms with van der Waals surface area (Å²) in [4.78, 5) is 2.33. The zero-order valence-corrected chi connectivity index (χ0v) is 17.4. The summed E-state index contributed by atoms with van der Waals surface area (Å²) >= 11 is 0. The Morgan fingerprint density at radius 2 is 1.77 bits per heavy atom. The van der Waals surface area contributed by atoms with Gasteiger partial charge in [0, 0.05) is 19.4 Å². The fourth-order valence-corrected chi connectivity index (χ4v) is 4.59. The van der Waals surface area contributed by atoms with Crippen molar-refractivity contribution in [2.45, 2.75) is 12.6 Å². The molecule has 0 fully saturated rings. The van der Waals surface area contributed by atoms with Gasteiger partial charge in [-0.3, -0.25) is 14.6 Å². The number of hydrogen-bond donors (Lipinski definition) is 1. The third kappa shape index (κ3) is 3.28. The maximum absolute atomic E-state index is 4.11. The molecule has 5 nitrogen and oxygen atoms in total. The van der Waals surface area contributed by atoms with Crippen LogP contribution in [0.25, 0.3) is 27.5 Å². The Morgan fingerprint density at radius 1 is 0.903 bits per heavy atom. The highest BCUT2D eigenvalue weighted by Crippen LogP contribution is 2.33. The van der Waals surface area contributed by atoms with Gasteiger partial charge in [-0.25, -0.2) is 0 Å². The summed E-state index contributed by atoms with van der Waals surface area (Å²) in [6, 6.07) is 26.5. The minimum Gasteiger partial charge on any atom is -0.293 e. The van der Waals surface area contributed by atoms with Crippen LogP contribution >= 0.6 is 0 Å². The molecular weight excluding hydrogens is 382 g/mol. The first-order chi connectivity index (χ1) is 15.2. The van der Waals surface area contributed by atoms with E-state index in [-0.39, 0.29) is 6.04 Å². The number of hydrogen-bond acceptors (Lipinski definition) is 4. The quantitative estimate of drug-likeness (QED) is 0.465. The molecule has 2 aromatic heterocycles. The molecule has 5 aromatic rings. The first-order valence-corrected chi connectivity index (χ1v) is 10.6. The van der Waals surface area contributed by atoms with Crippen LogP contribution in [-0.4, -0.2) is 33.2 Å². The Bertz CT molecular complexity index is 1400. The van der Waals surface area contributed by atoms with E-state index >= 15 is 0 Å². The van der Waals surface area contributed by atoms with Gasteiger partial charge in [-0.05, 0) is 69.9 Å². The van der Waals surface area contributed by atoms with Crippen LogP contribution in [0.15, 0.2) is 85.3 Å². The summed E-state index contributed by atoms with van der Waals surface area (Å²) in [5, 5.41) is 14.4. The van der Waals surface area contributed by atoms with Crippen molar-refractivity contribution in [1.82, 2.24) is 24.8 Å². The molecule has 0 bridgehead atoms. The molecule has 0 aliphatic carbocycles. The van der Waals surface area contributed by atoms with E-state index in [0.29, 0.717) is 0 Å². The summed E-state index contributed by atoms with van der Waals surface area (Å²) in [7, 11) is 2.16. The second kappa shape index (κ2) is 7.30. The second-order valence-electron chi connectivity index (χ2n) is 8.34. The van der Waals surface area contributed by atoms with Gasteiger partial charge in [0.25, 0.3) is 0 Å². The fraction of sp³-hybridized carbons (Fsp3) is 0.154. The van der Waals surface area contributed by atoms with Crippen molar-refractivity contribution < 1.29 is 0 Å². The highest BCUT2D eigenvalue weighted by atomic mass is 15.2. The van der Waals surface area contributed by atoms with Crippen LogP contribution in [-0.2, 0) is 6.54 Å². The molecule has 31 heavy (non-hydrogen) atoms. The first kappa shape index (κ1) is 18.2. The average molecular weight is 406 g/mol. The topological polar surface area (TPSA) is 45.5 Å². The van der Waals surface area contributed by atoms with Crippen molar-refractivity contribution in [1.29, 1.82) is 0 Å². The first-order valence-electron chi connectivity index (χ1n) is 10.6. The largest absolute Gasteiger partial charge is 0.293 e. The summed E-state index contributed by atoms with van der Waals surface area (Å²) in [5.41, 5.74) is 7.23. The Labute approximate surface area is 181 Å². The van der Waals surface area contributed by atoms with Gasteiger partial charge < -0.3 is 0 Å². The Hall–Kier alpha value is -3.54. The maximum Gasteiger partial charge on any atom is 0.160 e. The van der Waals surface area contributed by atoms with Crippen LogP contribution in [0.3, 0.4) is 0 Å². The molecule has 1 aliphatic rings. The molecule has 152 valence electrons. The van der Waals surface area contributed by atoms with E-state index in [0.717, 1.165) is 24.4 Å². The number of pyridine rings is 1. The lowest BCUT2D eigenvalue weighted by molar-refractivity contribution is 0.303. The van der Waals surface area contributed by atoms with Crippen molar-refractivity contribution in [2.24, 2.45) is 0 Å². The van der Waals surface area contributed by atoms with Crippen LogP contribution in [0, 0.1) is 0 Å². The number of aromatic nitrogens is 3. The highest BCUT2D eigenvalue weighted by Gasteiger charge is 2.22. The Balaban J connectivity index is 1.44. The summed E-state index contributed by atoms with van der Waals surface area (Å²) < 4.78 is 1.96. The predicted molar refractivity (Wildman–Crippen MR) is 124 cm³/mol. The van der Waals surface area contributed by atoms with E-state index in [1.165, 1.54) is 33.0 Å². The number of fused-ring (bicyclic) bond motifs is 3. The standard InChI is InChI=1S/C26H23N5/c1-30-14-23-13-20(22-9-11-25-29-28-17-31(25)15-22)8-10-24(23)26(27-16-30)21-7-6-18-4-2-3-5-19(18)12-21/h2-13,15,17,26-27H,14,16H2,1H3. The van der Waals surface area contributed by atoms with Gasteiger partial charge >= 0.3 is 0 Å². The fourth-order valence-electron chi connectivity index (χ4n) is 4.59. The van der Waals surface area contributed by atoms with Gasteiger partial charge in [-0.2, -0.15) is 0 Å². The zero-order valence-electron chi connectivity index (χ0n) is 17.4. The van der Waals surface area contributed by atoms with E-state index in [1.54, 1.807) is 6.33 Å². The average Bonchev–Trinajstić information content (AvgIpc) is 3.21. The van der Waals surface area contributed by atoms with Gasteiger partial charge in [0.15, 0.2) is 5.65 Å². The summed E-state index contributed by atoms with van der Waals surface area (Å²) in [6.45, 7) is 1.75. The Kier molecular flexibility index (Phi) is 4.30. The van der Waals surface area contributed by atoms with Gasteiger partial charge in [0.1, 0.15) is 6.33 Å². The lowest BCUT2D eigenvalue weighted by atomic mass is 9.91. The van der Waals surface area contributed by atoms with E-state index in [9.17, 15) is 0 Å². The van der Waals surface area contributed by atoms with Crippen LogP contribution in [0.1, 0.15) is 22.7 Å². The summed E-state index contributed by atoms with van der Waals surface area (Å²) in [6.07, 6.45) is 3.84. The number of nitrogens with zero attached hydrogens (tertiary/aromatic N) is 4. The minimum absolute atomic E-state index is 0.166. The molecule has 5 heteroatoms. The van der Waals surface area contributed by atoms with E-state index < -0.39 is 0 Å². The van der Waals surface area contributed by atoms with Crippen molar-refractivity contribution >= 4 is 16.4 Å². The maximum atomic E-state index is 4.11. The predicted octanol–water partition coefficient (Wildman–Crippen LogP) is 4.63. The van der Waals surface area contributed by atoms with E-state index in [2.05, 4.69) is 100 Å². The zero-order chi connectivity index (χ0) is 20.8. The molecule has 0 saturated carbocycles. The SMILES string of the molecule is CN1CNC(c2ccc3ccccc3c2)c2ccc(-c3ccc4nncn4c3)cc2C1. The molecule has 1 atom stereocenters. The molecule has 3 aromatic carbocycles. The highest BCUT2D eigenvalue weighted by molar-refractivity contribution is 5.83. The van der Waals surface area contributed by atoms with Crippen LogP contribution in [0.4, 0.5) is 0 Å². The number of rotatable bonds is 2. The van der Waals surface area contributed by atoms with Gasteiger partial charge in [-0.15, -0.1) is 10.2 Å². The molecule has 0 saturated heterocycles. The van der Waals surface area contributed by atoms with Crippen LogP contribution in [0.2, 0.25) is 0 Å². The monoisotopic (exact) mass is 405 g/mol. The van der Waals surface area contributed by atoms with Gasteiger partial charge in [0.2, 0.25) is 0 Å². The Morgan fingerprint density at radius 3 is 2.71 bits per heavy atom. The number of benzene rings is 3. The van der Waals surface area contributed by atoms with Gasteiger partial charge in [-0.1, -0.05) is 48.5 Å². The smallest absolute Gasteiger partial charge is 0.160 e. The molecule has 1 unspecified atom stereocenters. The minimum atomic E-state index is 0.166. The normalized spacial score (nSPS) is 17.0. The second-order valence-corrected chi connectivity index (χ2v) is 8.34. The summed E-state index contributed by atoms with van der Waals surface area (Å²) in [5.74, 6) is 0. The van der Waals surface area contributed by atoms with E-state index in [4.69, 9.17) is 0 Å². The van der Waals surface area contributed by atoms with Crippen molar-refractivity contribution in [2.75, 3.05) is 13.7 Å². The molecule has 0 amide bonds. The lowest BCUT2D eigenvalue weighted by Gasteiger charge is -2.20. The number of nitrogens with one attached hydrogen (secondary N) is 1. The van der Waals surface area contributed by atoms with Crippen LogP contribution < -0.4 is 5.32 Å². The third-order valence-electron chi connectivity index (χ3n) is 6.19. The lowest BCUT2D eigenvalue weighted by Crippen LogP contribution is -2.30. The van der Waals surface area contributed by atoms with Crippen molar-refractivity contribution in [3.8, 4) is 11.1 Å².